The van der Waals surface area contributed by atoms with Gasteiger partial charge in [-0.3, -0.25) is 10.1 Å². The Morgan fingerprint density at radius 2 is 2.29 bits per heavy atom. The van der Waals surface area contributed by atoms with Gasteiger partial charge < -0.3 is 10.1 Å². The molecule has 0 spiro atoms. The van der Waals surface area contributed by atoms with Gasteiger partial charge in [0.05, 0.1) is 11.5 Å². The average Bonchev–Trinajstić information content (AvgIpc) is 2.26. The van der Waals surface area contributed by atoms with Gasteiger partial charge in [-0.05, 0) is 18.6 Å². The molecule has 1 atom stereocenters. The van der Waals surface area contributed by atoms with Gasteiger partial charge in [0.2, 0.25) is 5.82 Å². The first-order valence-electron chi connectivity index (χ1n) is 5.19. The summed E-state index contributed by atoms with van der Waals surface area (Å²) in [6, 6.07) is 4.02. The zero-order valence-corrected chi connectivity index (χ0v) is 9.77. The molecule has 0 saturated carbocycles. The van der Waals surface area contributed by atoms with Gasteiger partial charge in [0.1, 0.15) is 0 Å². The van der Waals surface area contributed by atoms with Crippen molar-refractivity contribution >= 4 is 5.69 Å². The molecule has 0 aliphatic heterocycles. The van der Waals surface area contributed by atoms with Gasteiger partial charge in [-0.15, -0.1) is 0 Å². The number of hydrogen-bond acceptors (Lipinski definition) is 4. The largest absolute Gasteiger partial charge is 0.383 e. The van der Waals surface area contributed by atoms with E-state index in [1.807, 2.05) is 6.92 Å². The number of halogens is 1. The van der Waals surface area contributed by atoms with E-state index in [1.165, 1.54) is 18.2 Å². The fourth-order valence-corrected chi connectivity index (χ4v) is 1.41. The monoisotopic (exact) mass is 242 g/mol. The maximum absolute atomic E-state index is 13.3. The first kappa shape index (κ1) is 13.5. The lowest BCUT2D eigenvalue weighted by atomic mass is 10.2. The summed E-state index contributed by atoms with van der Waals surface area (Å²) in [6.45, 7) is 2.93. The molecule has 1 aromatic carbocycles. The number of benzene rings is 1. The zero-order valence-electron chi connectivity index (χ0n) is 9.77. The van der Waals surface area contributed by atoms with Crippen molar-refractivity contribution in [3.8, 4) is 0 Å². The number of nitro groups is 1. The normalized spacial score (nSPS) is 12.4. The van der Waals surface area contributed by atoms with Crippen molar-refractivity contribution in [2.24, 2.45) is 0 Å². The second kappa shape index (κ2) is 6.27. The Morgan fingerprint density at radius 1 is 1.59 bits per heavy atom. The molecule has 0 amide bonds. The van der Waals surface area contributed by atoms with Crippen molar-refractivity contribution in [2.45, 2.75) is 19.5 Å². The molecule has 1 N–H and O–H groups in total. The van der Waals surface area contributed by atoms with Crippen LogP contribution >= 0.6 is 0 Å². The highest BCUT2D eigenvalue weighted by atomic mass is 19.1. The smallest absolute Gasteiger partial charge is 0.304 e. The summed E-state index contributed by atoms with van der Waals surface area (Å²) in [5.41, 5.74) is 0.162. The molecule has 0 aliphatic rings. The molecule has 17 heavy (non-hydrogen) atoms. The molecule has 94 valence electrons. The van der Waals surface area contributed by atoms with Gasteiger partial charge in [0.15, 0.2) is 0 Å². The summed E-state index contributed by atoms with van der Waals surface area (Å²) in [5.74, 6) is -0.811. The quantitative estimate of drug-likeness (QED) is 0.611. The number of nitro benzene ring substituents is 1. The van der Waals surface area contributed by atoms with Gasteiger partial charge in [-0.25, -0.2) is 0 Å². The van der Waals surface area contributed by atoms with Crippen LogP contribution in [-0.2, 0) is 11.3 Å². The Labute approximate surface area is 98.7 Å². The Kier molecular flexibility index (Phi) is 4.99. The van der Waals surface area contributed by atoms with Crippen LogP contribution in [0.3, 0.4) is 0 Å². The molecule has 0 fully saturated rings. The molecule has 6 heteroatoms. The molecule has 1 unspecified atom stereocenters. The van der Waals surface area contributed by atoms with Crippen LogP contribution < -0.4 is 5.32 Å². The van der Waals surface area contributed by atoms with Gasteiger partial charge >= 0.3 is 5.69 Å². The molecular weight excluding hydrogens is 227 g/mol. The highest BCUT2D eigenvalue weighted by molar-refractivity contribution is 5.34. The molecule has 0 radical (unpaired) electrons. The second-order valence-corrected chi connectivity index (χ2v) is 3.78. The van der Waals surface area contributed by atoms with Gasteiger partial charge in [0.25, 0.3) is 0 Å². The standard InChI is InChI=1S/C11H15FN2O3/c1-8(7-17-2)13-6-9-3-4-11(14(15)16)10(12)5-9/h3-5,8,13H,6-7H2,1-2H3. The van der Waals surface area contributed by atoms with E-state index in [9.17, 15) is 14.5 Å². The summed E-state index contributed by atoms with van der Waals surface area (Å²) in [6.07, 6.45) is 0. The molecule has 0 aliphatic carbocycles. The molecule has 5 nitrogen and oxygen atoms in total. The van der Waals surface area contributed by atoms with Crippen molar-refractivity contribution in [2.75, 3.05) is 13.7 Å². The summed E-state index contributed by atoms with van der Waals surface area (Å²) < 4.78 is 18.2. The van der Waals surface area contributed by atoms with Crippen LogP contribution in [0.15, 0.2) is 18.2 Å². The fourth-order valence-electron chi connectivity index (χ4n) is 1.41. The number of nitrogens with zero attached hydrogens (tertiary/aromatic N) is 1. The van der Waals surface area contributed by atoms with Crippen molar-refractivity contribution in [1.29, 1.82) is 0 Å². The highest BCUT2D eigenvalue weighted by Gasteiger charge is 2.13. The molecule has 0 bridgehead atoms. The van der Waals surface area contributed by atoms with E-state index in [1.54, 1.807) is 7.11 Å². The van der Waals surface area contributed by atoms with E-state index in [4.69, 9.17) is 4.74 Å². The van der Waals surface area contributed by atoms with E-state index in [0.717, 1.165) is 0 Å². The van der Waals surface area contributed by atoms with E-state index in [0.29, 0.717) is 18.7 Å². The van der Waals surface area contributed by atoms with E-state index < -0.39 is 16.4 Å². The molecule has 1 aromatic rings. The van der Waals surface area contributed by atoms with Crippen LogP contribution in [0, 0.1) is 15.9 Å². The number of methoxy groups -OCH3 is 1. The zero-order chi connectivity index (χ0) is 12.8. The third-order valence-corrected chi connectivity index (χ3v) is 2.28. The van der Waals surface area contributed by atoms with Gasteiger partial charge in [-0.2, -0.15) is 4.39 Å². The summed E-state index contributed by atoms with van der Waals surface area (Å²) >= 11 is 0. The average molecular weight is 242 g/mol. The topological polar surface area (TPSA) is 64.4 Å². The predicted octanol–water partition coefficient (Wildman–Crippen LogP) is 1.86. The third-order valence-electron chi connectivity index (χ3n) is 2.28. The summed E-state index contributed by atoms with van der Waals surface area (Å²) in [4.78, 5) is 9.68. The van der Waals surface area contributed by atoms with Crippen LogP contribution in [-0.4, -0.2) is 24.7 Å². The lowest BCUT2D eigenvalue weighted by Gasteiger charge is -2.12. The van der Waals surface area contributed by atoms with Crippen molar-refractivity contribution < 1.29 is 14.1 Å². The summed E-state index contributed by atoms with van der Waals surface area (Å²) in [7, 11) is 1.60. The Bertz CT molecular complexity index is 398. The second-order valence-electron chi connectivity index (χ2n) is 3.78. The minimum atomic E-state index is -0.811. The lowest BCUT2D eigenvalue weighted by molar-refractivity contribution is -0.387. The van der Waals surface area contributed by atoms with Gasteiger partial charge in [0, 0.05) is 25.8 Å². The minimum Gasteiger partial charge on any atom is -0.383 e. The Morgan fingerprint density at radius 3 is 2.82 bits per heavy atom. The maximum atomic E-state index is 13.3. The van der Waals surface area contributed by atoms with Crippen molar-refractivity contribution in [3.05, 3.63) is 39.7 Å². The van der Waals surface area contributed by atoms with Gasteiger partial charge in [-0.1, -0.05) is 6.07 Å². The summed E-state index contributed by atoms with van der Waals surface area (Å²) in [5, 5.41) is 13.5. The molecule has 1 rings (SSSR count). The first-order chi connectivity index (χ1) is 8.04. The first-order valence-corrected chi connectivity index (χ1v) is 5.19. The molecule has 0 heterocycles. The maximum Gasteiger partial charge on any atom is 0.304 e. The van der Waals surface area contributed by atoms with Crippen LogP contribution in [0.25, 0.3) is 0 Å². The number of nitrogens with one attached hydrogen (secondary N) is 1. The third kappa shape index (κ3) is 4.08. The van der Waals surface area contributed by atoms with Crippen molar-refractivity contribution in [3.63, 3.8) is 0 Å². The predicted molar refractivity (Wildman–Crippen MR) is 61.2 cm³/mol. The van der Waals surface area contributed by atoms with E-state index in [-0.39, 0.29) is 6.04 Å². The van der Waals surface area contributed by atoms with Crippen LogP contribution in [0.4, 0.5) is 10.1 Å². The molecule has 0 aromatic heterocycles. The van der Waals surface area contributed by atoms with Crippen LogP contribution in [0.2, 0.25) is 0 Å². The number of hydrogen-bond donors (Lipinski definition) is 1. The number of rotatable bonds is 6. The fraction of sp³-hybridized carbons (Fsp3) is 0.455. The Hall–Kier alpha value is -1.53. The molecular formula is C11H15FN2O3. The van der Waals surface area contributed by atoms with Crippen LogP contribution in [0.1, 0.15) is 12.5 Å². The SMILES string of the molecule is COCC(C)NCc1ccc([N+](=O)[O-])c(F)c1. The van der Waals surface area contributed by atoms with Crippen molar-refractivity contribution in [1.82, 2.24) is 5.32 Å². The number of ether oxygens (including phenoxy) is 1. The Balaban J connectivity index is 2.62. The van der Waals surface area contributed by atoms with Crippen LogP contribution in [0.5, 0.6) is 0 Å². The highest BCUT2D eigenvalue weighted by Crippen LogP contribution is 2.17. The molecule has 0 saturated heterocycles. The van der Waals surface area contributed by atoms with E-state index in [2.05, 4.69) is 5.32 Å². The van der Waals surface area contributed by atoms with E-state index >= 15 is 0 Å². The lowest BCUT2D eigenvalue weighted by Crippen LogP contribution is -2.29. The minimum absolute atomic E-state index is 0.137.